The number of ether oxygens (including phenoxy) is 1. The Morgan fingerprint density at radius 3 is 2.65 bits per heavy atom. The molecule has 0 aliphatic carbocycles. The van der Waals surface area contributed by atoms with E-state index in [2.05, 4.69) is 10.3 Å². The fourth-order valence-corrected chi connectivity index (χ4v) is 3.68. The van der Waals surface area contributed by atoms with Crippen LogP contribution in [0.25, 0.3) is 0 Å². The van der Waals surface area contributed by atoms with Crippen LogP contribution in [0.1, 0.15) is 36.8 Å². The van der Waals surface area contributed by atoms with Gasteiger partial charge in [0.05, 0.1) is 13.0 Å². The maximum absolute atomic E-state index is 12.7. The van der Waals surface area contributed by atoms with Crippen LogP contribution in [0.2, 0.25) is 0 Å². The molecule has 0 radical (unpaired) electrons. The van der Waals surface area contributed by atoms with E-state index in [0.29, 0.717) is 6.54 Å². The molecular weight excluding hydrogens is 394 g/mol. The summed E-state index contributed by atoms with van der Waals surface area (Å²) in [4.78, 5) is 42.5. The second kappa shape index (κ2) is 11.8. The molecule has 1 unspecified atom stereocenters. The van der Waals surface area contributed by atoms with Crippen LogP contribution in [0.4, 0.5) is 0 Å². The number of aromatic nitrogens is 1. The minimum absolute atomic E-state index is 0.0314. The number of aryl methyl sites for hydroxylation is 1. The fraction of sp³-hybridized carbons (Fsp3) is 0.417. The van der Waals surface area contributed by atoms with E-state index in [4.69, 9.17) is 4.74 Å². The van der Waals surface area contributed by atoms with Crippen molar-refractivity contribution in [2.24, 2.45) is 5.92 Å². The molecule has 2 aromatic rings. The Balaban J connectivity index is 1.34. The number of nitrogens with zero attached hydrogens (tertiary/aromatic N) is 2. The second-order valence-corrected chi connectivity index (χ2v) is 7.74. The molecule has 1 N–H and O–H groups in total. The minimum atomic E-state index is -0.366. The van der Waals surface area contributed by atoms with Gasteiger partial charge in [0.1, 0.15) is 6.61 Å². The largest absolute Gasteiger partial charge is 0.461 e. The number of hydrogen-bond acceptors (Lipinski definition) is 5. The Morgan fingerprint density at radius 2 is 1.87 bits per heavy atom. The number of piperidine rings is 1. The highest BCUT2D eigenvalue weighted by Gasteiger charge is 2.29. The van der Waals surface area contributed by atoms with E-state index in [1.54, 1.807) is 17.3 Å². The minimum Gasteiger partial charge on any atom is -0.461 e. The second-order valence-electron chi connectivity index (χ2n) is 7.74. The Labute approximate surface area is 182 Å². The first-order valence-corrected chi connectivity index (χ1v) is 10.8. The highest BCUT2D eigenvalue weighted by atomic mass is 16.5. The Hall–Kier alpha value is -3.22. The average Bonchev–Trinajstić information content (AvgIpc) is 2.79. The average molecular weight is 424 g/mol. The van der Waals surface area contributed by atoms with Gasteiger partial charge in [-0.05, 0) is 48.9 Å². The molecular formula is C24H29N3O4. The first-order valence-electron chi connectivity index (χ1n) is 10.8. The van der Waals surface area contributed by atoms with Crippen molar-refractivity contribution < 1.29 is 19.1 Å². The number of benzene rings is 1. The number of carbonyl (C=O) groups excluding carboxylic acids is 3. The van der Waals surface area contributed by atoms with Gasteiger partial charge < -0.3 is 15.0 Å². The first-order chi connectivity index (χ1) is 15.1. The summed E-state index contributed by atoms with van der Waals surface area (Å²) in [5.41, 5.74) is 2.08. The molecule has 1 aliphatic heterocycles. The maximum Gasteiger partial charge on any atom is 0.307 e. The van der Waals surface area contributed by atoms with Gasteiger partial charge in [0.25, 0.3) is 0 Å². The Morgan fingerprint density at radius 1 is 1.10 bits per heavy atom. The van der Waals surface area contributed by atoms with Crippen LogP contribution in [0.3, 0.4) is 0 Å². The number of likely N-dealkylation sites (tertiary alicyclic amines) is 1. The van der Waals surface area contributed by atoms with Gasteiger partial charge >= 0.3 is 5.97 Å². The highest BCUT2D eigenvalue weighted by Crippen LogP contribution is 2.22. The molecule has 1 aliphatic rings. The van der Waals surface area contributed by atoms with Crippen LogP contribution >= 0.6 is 0 Å². The van der Waals surface area contributed by atoms with Crippen molar-refractivity contribution >= 4 is 17.8 Å². The van der Waals surface area contributed by atoms with Crippen molar-refractivity contribution in [3.8, 4) is 0 Å². The zero-order valence-electron chi connectivity index (χ0n) is 17.7. The van der Waals surface area contributed by atoms with Gasteiger partial charge in [-0.1, -0.05) is 30.3 Å². The number of carbonyl (C=O) groups is 3. The topological polar surface area (TPSA) is 88.6 Å². The molecule has 164 valence electrons. The Bertz CT molecular complexity index is 858. The summed E-state index contributed by atoms with van der Waals surface area (Å²) in [6, 6.07) is 13.4. The Kier molecular flexibility index (Phi) is 8.58. The van der Waals surface area contributed by atoms with Crippen LogP contribution in [0.15, 0.2) is 54.9 Å². The molecule has 3 rings (SSSR count). The van der Waals surface area contributed by atoms with Gasteiger partial charge in [0.15, 0.2) is 0 Å². The zero-order valence-corrected chi connectivity index (χ0v) is 17.7. The molecule has 0 bridgehead atoms. The number of amides is 2. The van der Waals surface area contributed by atoms with E-state index in [9.17, 15) is 14.4 Å². The van der Waals surface area contributed by atoms with E-state index < -0.39 is 0 Å². The van der Waals surface area contributed by atoms with Crippen LogP contribution in [0.5, 0.6) is 0 Å². The molecule has 31 heavy (non-hydrogen) atoms. The molecule has 0 saturated carbocycles. The van der Waals surface area contributed by atoms with Crippen molar-refractivity contribution in [3.63, 3.8) is 0 Å². The molecule has 7 nitrogen and oxygen atoms in total. The molecule has 0 spiro atoms. The first kappa shape index (κ1) is 22.5. The molecule has 1 fully saturated rings. The maximum atomic E-state index is 12.7. The van der Waals surface area contributed by atoms with E-state index in [-0.39, 0.29) is 49.8 Å². The van der Waals surface area contributed by atoms with Crippen molar-refractivity contribution in [1.82, 2.24) is 15.2 Å². The predicted octanol–water partition coefficient (Wildman–Crippen LogP) is 2.50. The van der Waals surface area contributed by atoms with E-state index >= 15 is 0 Å². The van der Waals surface area contributed by atoms with Gasteiger partial charge in [0, 0.05) is 31.4 Å². The molecule has 1 aromatic carbocycles. The summed E-state index contributed by atoms with van der Waals surface area (Å²) in [6.45, 7) is 1.04. The van der Waals surface area contributed by atoms with Gasteiger partial charge in [-0.2, -0.15) is 0 Å². The summed E-state index contributed by atoms with van der Waals surface area (Å²) in [5, 5.41) is 2.71. The predicted molar refractivity (Wildman–Crippen MR) is 116 cm³/mol. The van der Waals surface area contributed by atoms with Crippen LogP contribution in [-0.4, -0.2) is 47.3 Å². The molecule has 7 heteroatoms. The van der Waals surface area contributed by atoms with E-state index in [1.165, 1.54) is 0 Å². The summed E-state index contributed by atoms with van der Waals surface area (Å²) in [5.74, 6) is -0.631. The SMILES string of the molecule is O=C(CN1CCCC(CCc2ccncc2)C1=O)NCCC(=O)OCc1ccccc1. The third-order valence-corrected chi connectivity index (χ3v) is 5.40. The highest BCUT2D eigenvalue weighted by molar-refractivity contribution is 5.86. The molecule has 1 atom stereocenters. The third kappa shape index (κ3) is 7.51. The van der Waals surface area contributed by atoms with Crippen LogP contribution in [-0.2, 0) is 32.1 Å². The molecule has 1 aromatic heterocycles. The lowest BCUT2D eigenvalue weighted by atomic mass is 9.91. The molecule has 1 saturated heterocycles. The summed E-state index contributed by atoms with van der Waals surface area (Å²) in [7, 11) is 0. The van der Waals surface area contributed by atoms with Crippen molar-refractivity contribution in [1.29, 1.82) is 0 Å². The van der Waals surface area contributed by atoms with Gasteiger partial charge in [-0.3, -0.25) is 19.4 Å². The van der Waals surface area contributed by atoms with Gasteiger partial charge in [-0.15, -0.1) is 0 Å². The van der Waals surface area contributed by atoms with Crippen molar-refractivity contribution in [2.75, 3.05) is 19.6 Å². The van der Waals surface area contributed by atoms with Gasteiger partial charge in [0.2, 0.25) is 11.8 Å². The summed E-state index contributed by atoms with van der Waals surface area (Å²) >= 11 is 0. The smallest absolute Gasteiger partial charge is 0.307 e. The quantitative estimate of drug-likeness (QED) is 0.593. The lowest BCUT2D eigenvalue weighted by molar-refractivity contribution is -0.145. The number of nitrogens with one attached hydrogen (secondary N) is 1. The van der Waals surface area contributed by atoms with E-state index in [0.717, 1.165) is 36.8 Å². The zero-order chi connectivity index (χ0) is 21.9. The lowest BCUT2D eigenvalue weighted by Crippen LogP contribution is -2.46. The van der Waals surface area contributed by atoms with Gasteiger partial charge in [-0.25, -0.2) is 0 Å². The monoisotopic (exact) mass is 423 g/mol. The number of esters is 1. The number of pyridine rings is 1. The lowest BCUT2D eigenvalue weighted by Gasteiger charge is -2.32. The van der Waals surface area contributed by atoms with Crippen molar-refractivity contribution in [2.45, 2.75) is 38.7 Å². The molecule has 2 amide bonds. The van der Waals surface area contributed by atoms with Crippen LogP contribution < -0.4 is 5.32 Å². The number of rotatable bonds is 10. The fourth-order valence-electron chi connectivity index (χ4n) is 3.68. The van der Waals surface area contributed by atoms with Crippen molar-refractivity contribution in [3.05, 3.63) is 66.0 Å². The summed E-state index contributed by atoms with van der Waals surface area (Å²) in [6.07, 6.45) is 6.96. The number of hydrogen-bond donors (Lipinski definition) is 1. The van der Waals surface area contributed by atoms with E-state index in [1.807, 2.05) is 42.5 Å². The van der Waals surface area contributed by atoms with Crippen LogP contribution in [0, 0.1) is 5.92 Å². The third-order valence-electron chi connectivity index (χ3n) is 5.40. The summed E-state index contributed by atoms with van der Waals surface area (Å²) < 4.78 is 5.20. The normalized spacial score (nSPS) is 16.1. The molecule has 2 heterocycles. The standard InChI is InChI=1S/C24H29N3O4/c28-22(26-15-12-23(29)31-18-20-5-2-1-3-6-20)17-27-16-4-7-21(24(27)30)9-8-19-10-13-25-14-11-19/h1-3,5-6,10-11,13-14,21H,4,7-9,12,15-18H2,(H,26,28).